The summed E-state index contributed by atoms with van der Waals surface area (Å²) in [4.78, 5) is 12.1. The van der Waals surface area contributed by atoms with Gasteiger partial charge in [0.15, 0.2) is 4.34 Å². The van der Waals surface area contributed by atoms with Crippen molar-refractivity contribution in [2.24, 2.45) is 0 Å². The van der Waals surface area contributed by atoms with Gasteiger partial charge in [0, 0.05) is 12.2 Å². The van der Waals surface area contributed by atoms with Gasteiger partial charge in [-0.1, -0.05) is 63.3 Å². The molecule has 2 rings (SSSR count). The lowest BCUT2D eigenvalue weighted by Crippen LogP contribution is -2.13. The fraction of sp³-hybridized carbons (Fsp3) is 0.550. The molecule has 0 spiro atoms. The van der Waals surface area contributed by atoms with E-state index in [-0.39, 0.29) is 11.3 Å². The highest BCUT2D eigenvalue weighted by molar-refractivity contribution is 9.10. The highest BCUT2D eigenvalue weighted by atomic mass is 79.9. The molecule has 0 unspecified atom stereocenters. The molecule has 0 atom stereocenters. The van der Waals surface area contributed by atoms with Crippen molar-refractivity contribution in [3.63, 3.8) is 0 Å². The molecule has 2 aromatic rings. The predicted octanol–water partition coefficient (Wildman–Crippen LogP) is 6.29. The molecule has 0 saturated carbocycles. The Bertz CT molecular complexity index is 775. The van der Waals surface area contributed by atoms with Crippen LogP contribution in [0.5, 0.6) is 5.75 Å². The molecule has 1 heterocycles. The number of benzene rings is 1. The second-order valence-corrected chi connectivity index (χ2v) is 10.6. The lowest BCUT2D eigenvalue weighted by atomic mass is 9.87. The normalized spacial score (nSPS) is 11.5. The van der Waals surface area contributed by atoms with Gasteiger partial charge < -0.3 is 10.1 Å². The summed E-state index contributed by atoms with van der Waals surface area (Å²) in [5, 5.41) is 11.5. The molecule has 0 fully saturated rings. The van der Waals surface area contributed by atoms with Gasteiger partial charge in [0.25, 0.3) is 0 Å². The number of hydrogen-bond acceptors (Lipinski definition) is 6. The van der Waals surface area contributed by atoms with Crippen molar-refractivity contribution >= 4 is 50.1 Å². The number of ether oxygens (including phenoxy) is 1. The first-order valence-corrected chi connectivity index (χ1v) is 12.1. The first kappa shape index (κ1) is 23.2. The Morgan fingerprint density at radius 2 is 2.07 bits per heavy atom. The standard InChI is InChI=1S/C20H28BrN3O2S2/c1-5-6-12-27-19-24-23-18(28-19)22-17(25)8-7-11-26-16-10-9-14(13-15(16)21)20(2,3)4/h9-10,13H,5-8,11-12H2,1-4H3,(H,22,23,25). The molecule has 8 heteroatoms. The topological polar surface area (TPSA) is 64.1 Å². The molecule has 28 heavy (non-hydrogen) atoms. The van der Waals surface area contributed by atoms with Crippen LogP contribution in [0.1, 0.15) is 58.9 Å². The molecule has 1 N–H and O–H groups in total. The maximum Gasteiger partial charge on any atom is 0.226 e. The third kappa shape index (κ3) is 7.72. The van der Waals surface area contributed by atoms with Gasteiger partial charge in [-0.15, -0.1) is 10.2 Å². The number of nitrogens with zero attached hydrogens (tertiary/aromatic N) is 2. The molecule has 0 radical (unpaired) electrons. The van der Waals surface area contributed by atoms with Gasteiger partial charge >= 0.3 is 0 Å². The molecule has 1 amide bonds. The van der Waals surface area contributed by atoms with E-state index >= 15 is 0 Å². The molecular weight excluding hydrogens is 458 g/mol. The quantitative estimate of drug-likeness (QED) is 0.243. The Morgan fingerprint density at radius 1 is 1.29 bits per heavy atom. The van der Waals surface area contributed by atoms with Crippen LogP contribution in [0, 0.1) is 0 Å². The molecule has 0 aliphatic carbocycles. The van der Waals surface area contributed by atoms with Gasteiger partial charge in [-0.05, 0) is 51.9 Å². The number of anilines is 1. The Labute approximate surface area is 184 Å². The minimum atomic E-state index is -0.0630. The van der Waals surface area contributed by atoms with Crippen LogP contribution in [0.15, 0.2) is 27.0 Å². The minimum absolute atomic E-state index is 0.0630. The van der Waals surface area contributed by atoms with Gasteiger partial charge in [-0.3, -0.25) is 4.79 Å². The Kier molecular flexibility index (Phi) is 9.24. The summed E-state index contributed by atoms with van der Waals surface area (Å²) in [6.45, 7) is 9.18. The summed E-state index contributed by atoms with van der Waals surface area (Å²) in [6.07, 6.45) is 3.33. The van der Waals surface area contributed by atoms with Crippen LogP contribution in [0.3, 0.4) is 0 Å². The summed E-state index contributed by atoms with van der Waals surface area (Å²) >= 11 is 6.68. The van der Waals surface area contributed by atoms with Gasteiger partial charge in [-0.25, -0.2) is 0 Å². The smallest absolute Gasteiger partial charge is 0.226 e. The Morgan fingerprint density at radius 3 is 2.75 bits per heavy atom. The van der Waals surface area contributed by atoms with E-state index in [4.69, 9.17) is 4.74 Å². The molecule has 0 bridgehead atoms. The molecule has 1 aromatic heterocycles. The SMILES string of the molecule is CCCCSc1nnc(NC(=O)CCCOc2ccc(C(C)(C)C)cc2Br)s1. The van der Waals surface area contributed by atoms with E-state index in [0.29, 0.717) is 24.6 Å². The van der Waals surface area contributed by atoms with Gasteiger partial charge in [0.1, 0.15) is 5.75 Å². The monoisotopic (exact) mass is 485 g/mol. The zero-order valence-corrected chi connectivity index (χ0v) is 20.1. The van der Waals surface area contributed by atoms with Gasteiger partial charge in [-0.2, -0.15) is 0 Å². The van der Waals surface area contributed by atoms with E-state index in [1.165, 1.54) is 16.9 Å². The van der Waals surface area contributed by atoms with E-state index in [0.717, 1.165) is 33.2 Å². The summed E-state index contributed by atoms with van der Waals surface area (Å²) < 4.78 is 7.64. The number of nitrogens with one attached hydrogen (secondary N) is 1. The zero-order valence-electron chi connectivity index (χ0n) is 16.9. The van der Waals surface area contributed by atoms with E-state index in [1.807, 2.05) is 6.07 Å². The molecule has 0 saturated heterocycles. The van der Waals surface area contributed by atoms with Crippen LogP contribution >= 0.6 is 39.0 Å². The third-order valence-electron chi connectivity index (χ3n) is 3.98. The number of amides is 1. The maximum absolute atomic E-state index is 12.1. The highest BCUT2D eigenvalue weighted by Crippen LogP contribution is 2.31. The van der Waals surface area contributed by atoms with Crippen LogP contribution in [0.25, 0.3) is 0 Å². The molecule has 154 valence electrons. The van der Waals surface area contributed by atoms with Crippen molar-refractivity contribution < 1.29 is 9.53 Å². The van der Waals surface area contributed by atoms with E-state index in [2.05, 4.69) is 71.3 Å². The zero-order chi connectivity index (χ0) is 20.6. The van der Waals surface area contributed by atoms with E-state index < -0.39 is 0 Å². The van der Waals surface area contributed by atoms with Crippen molar-refractivity contribution in [1.82, 2.24) is 10.2 Å². The van der Waals surface area contributed by atoms with Crippen LogP contribution < -0.4 is 10.1 Å². The van der Waals surface area contributed by atoms with Crippen LogP contribution in [0.2, 0.25) is 0 Å². The molecular formula is C20H28BrN3O2S2. The molecule has 0 aliphatic heterocycles. The molecule has 1 aromatic carbocycles. The average Bonchev–Trinajstić information content (AvgIpc) is 3.06. The van der Waals surface area contributed by atoms with E-state index in [1.54, 1.807) is 11.8 Å². The maximum atomic E-state index is 12.1. The number of hydrogen-bond donors (Lipinski definition) is 1. The third-order valence-corrected chi connectivity index (χ3v) is 6.66. The molecule has 5 nitrogen and oxygen atoms in total. The number of rotatable bonds is 10. The van der Waals surface area contributed by atoms with Crippen molar-refractivity contribution in [3.8, 4) is 5.75 Å². The largest absolute Gasteiger partial charge is 0.492 e. The van der Waals surface area contributed by atoms with Crippen molar-refractivity contribution in [2.75, 3.05) is 17.7 Å². The Hall–Kier alpha value is -1.12. The summed E-state index contributed by atoms with van der Waals surface area (Å²) in [5.41, 5.74) is 1.34. The fourth-order valence-corrected chi connectivity index (χ4v) is 4.72. The number of aromatic nitrogens is 2. The number of halogens is 1. The van der Waals surface area contributed by atoms with Gasteiger partial charge in [0.05, 0.1) is 11.1 Å². The van der Waals surface area contributed by atoms with Gasteiger partial charge in [0.2, 0.25) is 11.0 Å². The number of carbonyl (C=O) groups excluding carboxylic acids is 1. The number of thioether (sulfide) groups is 1. The highest BCUT2D eigenvalue weighted by Gasteiger charge is 2.15. The lowest BCUT2D eigenvalue weighted by molar-refractivity contribution is -0.116. The number of carbonyl (C=O) groups is 1. The first-order valence-electron chi connectivity index (χ1n) is 9.48. The van der Waals surface area contributed by atoms with Crippen molar-refractivity contribution in [2.45, 2.75) is 63.1 Å². The van der Waals surface area contributed by atoms with E-state index in [9.17, 15) is 4.79 Å². The second kappa shape index (κ2) is 11.2. The van der Waals surface area contributed by atoms with Crippen molar-refractivity contribution in [3.05, 3.63) is 28.2 Å². The predicted molar refractivity (Wildman–Crippen MR) is 122 cm³/mol. The summed E-state index contributed by atoms with van der Waals surface area (Å²) in [5.74, 6) is 1.76. The van der Waals surface area contributed by atoms with Crippen LogP contribution in [-0.4, -0.2) is 28.5 Å². The summed E-state index contributed by atoms with van der Waals surface area (Å²) in [6, 6.07) is 6.15. The second-order valence-electron chi connectivity index (χ2n) is 7.47. The first-order chi connectivity index (χ1) is 13.3. The lowest BCUT2D eigenvalue weighted by Gasteiger charge is -2.20. The van der Waals surface area contributed by atoms with Crippen LogP contribution in [0.4, 0.5) is 5.13 Å². The fourth-order valence-electron chi connectivity index (χ4n) is 2.30. The number of unbranched alkanes of at least 4 members (excludes halogenated alkanes) is 1. The van der Waals surface area contributed by atoms with Crippen LogP contribution in [-0.2, 0) is 10.2 Å². The van der Waals surface area contributed by atoms with Crippen molar-refractivity contribution in [1.29, 1.82) is 0 Å². The average molecular weight is 487 g/mol. The minimum Gasteiger partial charge on any atom is -0.492 e. The molecule has 0 aliphatic rings. The Balaban J connectivity index is 1.71. The summed E-state index contributed by atoms with van der Waals surface area (Å²) in [7, 11) is 0.